The fourth-order valence-corrected chi connectivity index (χ4v) is 23.7. The fourth-order valence-electron chi connectivity index (χ4n) is 15.5. The van der Waals surface area contributed by atoms with Gasteiger partial charge in [0.2, 0.25) is 0 Å². The summed E-state index contributed by atoms with van der Waals surface area (Å²) in [6.45, 7) is 12.6. The van der Waals surface area contributed by atoms with Gasteiger partial charge in [-0.2, -0.15) is 0 Å². The Hall–Kier alpha value is -2.11. The summed E-state index contributed by atoms with van der Waals surface area (Å²) < 4.78 is 15.2. The summed E-state index contributed by atoms with van der Waals surface area (Å²) in [5, 5.41) is 5.63. The molecular weight excluding hydrogens is 1480 g/mol. The normalized spacial score (nSPS) is 22.9. The Labute approximate surface area is 634 Å². The second kappa shape index (κ2) is 47.1. The van der Waals surface area contributed by atoms with Crippen LogP contribution in [-0.4, -0.2) is 127 Å². The molecule has 6 fully saturated rings. The van der Waals surface area contributed by atoms with E-state index in [0.717, 1.165) is 133 Å². The van der Waals surface area contributed by atoms with Gasteiger partial charge in [-0.1, -0.05) is 105 Å². The Morgan fingerprint density at radius 3 is 1.35 bits per heavy atom. The van der Waals surface area contributed by atoms with Crippen LogP contribution in [0.25, 0.3) is 32.4 Å². The highest BCUT2D eigenvalue weighted by atomic mass is 32.0. The van der Waals surface area contributed by atoms with E-state index in [4.69, 9.17) is 0 Å². The molecule has 0 N–H and O–H groups in total. The predicted octanol–water partition coefficient (Wildman–Crippen LogP) is 19.5. The maximum absolute atomic E-state index is 4.14. The Morgan fingerprint density at radius 2 is 0.775 bits per heavy atom. The molecule has 546 valence electrons. The van der Waals surface area contributed by atoms with Crippen LogP contribution < -0.4 is 4.67 Å². The lowest BCUT2D eigenvalue weighted by Gasteiger charge is -2.43. The monoisotopic (exact) mass is 1590 g/mol. The van der Waals surface area contributed by atoms with Gasteiger partial charge in [0.05, 0.1) is 5.52 Å². The number of fused-ring (bicyclic) bond motifs is 9. The summed E-state index contributed by atoms with van der Waals surface area (Å²) in [5.74, 6) is 5.36. The Balaban J connectivity index is 0.000000124. The van der Waals surface area contributed by atoms with Crippen LogP contribution in [0.1, 0.15) is 137 Å². The van der Waals surface area contributed by atoms with Crippen LogP contribution >= 0.6 is 104 Å². The fraction of sp³-hybridized carbons (Fsp3) is 0.480. The van der Waals surface area contributed by atoms with E-state index in [1.807, 2.05) is 111 Å². The molecule has 3 saturated heterocycles. The zero-order valence-corrected chi connectivity index (χ0v) is 72.4. The molecule has 27 heteroatoms. The first-order chi connectivity index (χ1) is 50.3. The summed E-state index contributed by atoms with van der Waals surface area (Å²) >= 11 is 0. The van der Waals surface area contributed by atoms with Crippen molar-refractivity contribution < 1.29 is 0 Å². The number of hydrogen-bond acceptors (Lipinski definition) is 15. The van der Waals surface area contributed by atoms with Crippen molar-refractivity contribution in [3.63, 3.8) is 0 Å². The van der Waals surface area contributed by atoms with E-state index in [1.54, 1.807) is 37.2 Å². The van der Waals surface area contributed by atoms with E-state index in [-0.39, 0.29) is 0 Å². The lowest BCUT2D eigenvalue weighted by atomic mass is 9.76. The van der Waals surface area contributed by atoms with Gasteiger partial charge in [-0.3, -0.25) is 68.2 Å². The number of aromatic nitrogens is 9. The second-order valence-corrected chi connectivity index (χ2v) is 37.3. The zero-order chi connectivity index (χ0) is 70.8. The molecule has 9 aromatic rings. The third-order valence-electron chi connectivity index (χ3n) is 21.2. The molecule has 0 aromatic carbocycles. The standard InChI is InChI=1S/3C9H19NP2.3C8H12N2P2.3C8H6N2/c11-12-10-7-3-5-8-4-1-2-6-9(8)10;2*11-12-10-6-5-8-3-1-2-4-9(8)7-10;11-12-10-4-2-7-5-9-3-1-8(7)6-10;11-12-10-4-2-7-1-3-9-5-8(7)6-10;11-12-10-5-1-2-7-6-9-4-3-8(7)10;1-3-9-6-8-2-4-10-5-7(1)8;1-3-9-5-8-6-10-4-2-7(1)8;1-2-7-6-9-5-3-8(7)10-4-1/h3*8-9,12H,1-7,11H2;2*1,3,5,12H,2,4,6,11H2;3-4,6,12H,1-2,5,11H2;3*1-6H. The predicted molar refractivity (Wildman–Crippen MR) is 468 cm³/mol. The third kappa shape index (κ3) is 26.6. The molecule has 0 radical (unpaired) electrons. The molecule has 0 bridgehead atoms. The molecule has 3 saturated carbocycles. The zero-order valence-electron chi connectivity index (χ0n) is 59.4. The SMILES string of the molecule is PPN1CCC2CCCCC2C1.PPN1CCC2CCCCC2C1.PPN1CCCC2CCCCC21.PPN1CCCc2cnccc21.PPN1CCc2ccncc2C1.PPN1CCc2cnccc2C1.c1cc2ccncc2cn1.c1cc2cnccc2cn1.c1cnc2ccncc2c1. The van der Waals surface area contributed by atoms with Gasteiger partial charge >= 0.3 is 0 Å². The molecule has 9 aliphatic rings. The largest absolute Gasteiger partial charge is 0.350 e. The highest BCUT2D eigenvalue weighted by Crippen LogP contribution is 2.45. The van der Waals surface area contributed by atoms with E-state index in [2.05, 4.69) is 145 Å². The van der Waals surface area contributed by atoms with E-state index in [1.165, 1.54) is 213 Å². The van der Waals surface area contributed by atoms with E-state index in [0.29, 0.717) is 0 Å². The molecule has 18 rings (SSSR count). The van der Waals surface area contributed by atoms with Crippen molar-refractivity contribution in [3.8, 4) is 0 Å². The summed E-state index contributed by atoms with van der Waals surface area (Å²) in [4.78, 5) is 36.4. The maximum atomic E-state index is 4.14. The first kappa shape index (κ1) is 82.4. The first-order valence-electron chi connectivity index (χ1n) is 36.8. The first-order valence-corrected chi connectivity index (χ1v) is 53.4. The summed E-state index contributed by atoms with van der Waals surface area (Å²) in [5.41, 5.74) is 9.53. The van der Waals surface area contributed by atoms with Crippen LogP contribution in [0.5, 0.6) is 0 Å². The van der Waals surface area contributed by atoms with Gasteiger partial charge in [0.15, 0.2) is 0 Å². The van der Waals surface area contributed by atoms with Gasteiger partial charge in [-0.15, -0.1) is 0 Å². The molecule has 15 nitrogen and oxygen atoms in total. The number of hydrogen-bond donors (Lipinski definition) is 0. The van der Waals surface area contributed by atoms with Crippen molar-refractivity contribution in [2.45, 2.75) is 148 Å². The van der Waals surface area contributed by atoms with Gasteiger partial charge in [-0.25, -0.2) is 0 Å². The lowest BCUT2D eigenvalue weighted by Crippen LogP contribution is -2.41. The lowest BCUT2D eigenvalue weighted by molar-refractivity contribution is 0.137. The third-order valence-corrected chi connectivity index (χ3v) is 32.2. The average molecular weight is 1590 g/mol. The topological polar surface area (TPSA) is 135 Å². The number of piperidine rings is 3. The van der Waals surface area contributed by atoms with Gasteiger partial charge < -0.3 is 4.67 Å². The van der Waals surface area contributed by atoms with Gasteiger partial charge in [0.1, 0.15) is 0 Å². The second-order valence-electron chi connectivity index (χ2n) is 27.5. The van der Waals surface area contributed by atoms with Crippen LogP contribution in [0.15, 0.2) is 166 Å². The van der Waals surface area contributed by atoms with Crippen molar-refractivity contribution in [2.75, 3.05) is 57.0 Å². The molecule has 6 aliphatic heterocycles. The quantitative estimate of drug-likeness (QED) is 0.146. The molecule has 18 unspecified atom stereocenters. The van der Waals surface area contributed by atoms with Crippen LogP contribution in [0.3, 0.4) is 0 Å². The molecular formula is C75H111N15P12. The highest BCUT2D eigenvalue weighted by Gasteiger charge is 2.33. The molecule has 18 atom stereocenters. The Morgan fingerprint density at radius 1 is 0.304 bits per heavy atom. The van der Waals surface area contributed by atoms with Crippen LogP contribution in [0, 0.1) is 29.6 Å². The number of anilines is 1. The van der Waals surface area contributed by atoms with Crippen molar-refractivity contribution in [2.24, 2.45) is 29.6 Å². The number of rotatable bonds is 6. The number of aryl methyl sites for hydroxylation is 1. The van der Waals surface area contributed by atoms with Crippen LogP contribution in [-0.2, 0) is 32.4 Å². The summed E-state index contributed by atoms with van der Waals surface area (Å²) in [6.07, 6.45) is 60.1. The smallest absolute Gasteiger partial charge is 0.0732 e. The van der Waals surface area contributed by atoms with Gasteiger partial charge in [-0.05, 0) is 251 Å². The van der Waals surface area contributed by atoms with Crippen molar-refractivity contribution in [1.82, 2.24) is 68.2 Å². The average Bonchev–Trinajstić information content (AvgIpc) is 0.894. The van der Waals surface area contributed by atoms with Crippen molar-refractivity contribution >= 4 is 142 Å². The number of pyridine rings is 9. The van der Waals surface area contributed by atoms with E-state index in [9.17, 15) is 0 Å². The van der Waals surface area contributed by atoms with Crippen LogP contribution in [0.4, 0.5) is 5.69 Å². The molecule has 0 amide bonds. The number of nitrogens with zero attached hydrogens (tertiary/aromatic N) is 15. The minimum Gasteiger partial charge on any atom is -0.350 e. The summed E-state index contributed by atoms with van der Waals surface area (Å²) in [7, 11) is 22.5. The highest BCUT2D eigenvalue weighted by molar-refractivity contribution is 8.03. The Kier molecular flexibility index (Phi) is 38.0. The molecule has 0 spiro atoms. The molecule has 102 heavy (non-hydrogen) atoms. The van der Waals surface area contributed by atoms with E-state index >= 15 is 0 Å². The van der Waals surface area contributed by atoms with Gasteiger partial charge in [0, 0.05) is 204 Å². The molecule has 15 heterocycles. The maximum Gasteiger partial charge on any atom is 0.0732 e. The Bertz CT molecular complexity index is 3370. The summed E-state index contributed by atoms with van der Waals surface area (Å²) in [6, 6.07) is 21.0. The molecule has 9 aromatic heterocycles. The van der Waals surface area contributed by atoms with Gasteiger partial charge in [0.25, 0.3) is 0 Å². The molecule has 3 aliphatic carbocycles. The van der Waals surface area contributed by atoms with Crippen molar-refractivity contribution in [1.29, 1.82) is 0 Å². The van der Waals surface area contributed by atoms with Crippen molar-refractivity contribution in [3.05, 3.63) is 194 Å². The minimum atomic E-state index is 0.796. The van der Waals surface area contributed by atoms with Crippen LogP contribution in [0.2, 0.25) is 0 Å². The minimum absolute atomic E-state index is 0.796. The van der Waals surface area contributed by atoms with E-state index < -0.39 is 0 Å².